The van der Waals surface area contributed by atoms with Crippen molar-refractivity contribution in [3.05, 3.63) is 30.1 Å². The summed E-state index contributed by atoms with van der Waals surface area (Å²) in [6.45, 7) is 4.57. The van der Waals surface area contributed by atoms with Crippen LogP contribution in [0, 0.1) is 5.92 Å². The first-order chi connectivity index (χ1) is 7.72. The third kappa shape index (κ3) is 5.26. The fourth-order valence-electron chi connectivity index (χ4n) is 1.85. The van der Waals surface area contributed by atoms with E-state index in [1.165, 1.54) is 24.8 Å². The first-order valence-electron chi connectivity index (χ1n) is 6.28. The summed E-state index contributed by atoms with van der Waals surface area (Å²) in [6.07, 6.45) is 8.70. The summed E-state index contributed by atoms with van der Waals surface area (Å²) in [7, 11) is 2.06. The Morgan fingerprint density at radius 3 is 2.62 bits per heavy atom. The molecule has 2 nitrogen and oxygen atoms in total. The topological polar surface area (TPSA) is 24.9 Å². The van der Waals surface area contributed by atoms with E-state index in [0.29, 0.717) is 6.04 Å². The quantitative estimate of drug-likeness (QED) is 0.764. The lowest BCUT2D eigenvalue weighted by atomic mass is 9.98. The van der Waals surface area contributed by atoms with Crippen molar-refractivity contribution in [2.24, 2.45) is 5.92 Å². The lowest BCUT2D eigenvalue weighted by molar-refractivity contribution is 0.433. The molecular weight excluding hydrogens is 196 g/mol. The van der Waals surface area contributed by atoms with E-state index in [4.69, 9.17) is 0 Å². The van der Waals surface area contributed by atoms with E-state index in [9.17, 15) is 0 Å². The highest BCUT2D eigenvalue weighted by Gasteiger charge is 2.07. The highest BCUT2D eigenvalue weighted by molar-refractivity contribution is 5.08. The normalized spacial score (nSPS) is 13.0. The van der Waals surface area contributed by atoms with Crippen molar-refractivity contribution in [1.82, 2.24) is 10.3 Å². The molecule has 1 heterocycles. The third-order valence-corrected chi connectivity index (χ3v) is 3.00. The SMILES string of the molecule is CNC(CCc1cccnc1)CCC(C)C. The highest BCUT2D eigenvalue weighted by atomic mass is 14.9. The van der Waals surface area contributed by atoms with Crippen LogP contribution < -0.4 is 5.32 Å². The Hall–Kier alpha value is -0.890. The van der Waals surface area contributed by atoms with Crippen LogP contribution in [0.15, 0.2) is 24.5 Å². The van der Waals surface area contributed by atoms with Crippen LogP contribution in [0.5, 0.6) is 0 Å². The van der Waals surface area contributed by atoms with Crippen LogP contribution in [0.4, 0.5) is 0 Å². The minimum absolute atomic E-state index is 0.641. The number of aromatic nitrogens is 1. The van der Waals surface area contributed by atoms with Gasteiger partial charge in [0.2, 0.25) is 0 Å². The van der Waals surface area contributed by atoms with Gasteiger partial charge in [-0.05, 0) is 50.3 Å². The zero-order valence-corrected chi connectivity index (χ0v) is 10.7. The Morgan fingerprint density at radius 1 is 1.25 bits per heavy atom. The first-order valence-corrected chi connectivity index (χ1v) is 6.28. The van der Waals surface area contributed by atoms with Crippen LogP contribution in [0.1, 0.15) is 38.7 Å². The van der Waals surface area contributed by atoms with Crippen molar-refractivity contribution in [2.45, 2.75) is 45.6 Å². The molecule has 0 spiro atoms. The monoisotopic (exact) mass is 220 g/mol. The highest BCUT2D eigenvalue weighted by Crippen LogP contribution is 2.11. The molecule has 2 heteroatoms. The molecule has 1 atom stereocenters. The maximum Gasteiger partial charge on any atom is 0.0299 e. The van der Waals surface area contributed by atoms with E-state index >= 15 is 0 Å². The second-order valence-corrected chi connectivity index (χ2v) is 4.86. The zero-order chi connectivity index (χ0) is 11.8. The number of aryl methyl sites for hydroxylation is 1. The van der Waals surface area contributed by atoms with Crippen LogP contribution in [0.3, 0.4) is 0 Å². The van der Waals surface area contributed by atoms with Gasteiger partial charge in [0.1, 0.15) is 0 Å². The molecule has 0 bridgehead atoms. The van der Waals surface area contributed by atoms with Crippen LogP contribution in [0.2, 0.25) is 0 Å². The number of pyridine rings is 1. The van der Waals surface area contributed by atoms with Gasteiger partial charge < -0.3 is 5.32 Å². The Morgan fingerprint density at radius 2 is 2.06 bits per heavy atom. The van der Waals surface area contributed by atoms with Gasteiger partial charge in [0.05, 0.1) is 0 Å². The molecule has 0 aromatic carbocycles. The number of hydrogen-bond donors (Lipinski definition) is 1. The van der Waals surface area contributed by atoms with Gasteiger partial charge >= 0.3 is 0 Å². The molecule has 1 aromatic rings. The largest absolute Gasteiger partial charge is 0.317 e. The standard InChI is InChI=1S/C14H24N2/c1-12(2)6-8-14(15-3)9-7-13-5-4-10-16-11-13/h4-5,10-12,14-15H,6-9H2,1-3H3. The molecule has 90 valence electrons. The molecule has 0 aliphatic carbocycles. The van der Waals surface area contributed by atoms with E-state index in [1.807, 2.05) is 18.5 Å². The minimum atomic E-state index is 0.641. The van der Waals surface area contributed by atoms with Gasteiger partial charge in [-0.15, -0.1) is 0 Å². The number of hydrogen-bond acceptors (Lipinski definition) is 2. The fourth-order valence-corrected chi connectivity index (χ4v) is 1.85. The summed E-state index contributed by atoms with van der Waals surface area (Å²) < 4.78 is 0. The predicted octanol–water partition coefficient (Wildman–Crippen LogP) is 3.04. The maximum absolute atomic E-state index is 4.14. The lowest BCUT2D eigenvalue weighted by Gasteiger charge is -2.17. The van der Waals surface area contributed by atoms with Crippen LogP contribution in [0.25, 0.3) is 0 Å². The summed E-state index contributed by atoms with van der Waals surface area (Å²) >= 11 is 0. The van der Waals surface area contributed by atoms with E-state index in [-0.39, 0.29) is 0 Å². The van der Waals surface area contributed by atoms with Crippen LogP contribution in [-0.2, 0) is 6.42 Å². The Labute approximate surface area is 99.5 Å². The first kappa shape index (κ1) is 13.2. The van der Waals surface area contributed by atoms with Gasteiger partial charge in [-0.3, -0.25) is 4.98 Å². The summed E-state index contributed by atoms with van der Waals surface area (Å²) in [5, 5.41) is 3.41. The van der Waals surface area contributed by atoms with Crippen molar-refractivity contribution in [2.75, 3.05) is 7.05 Å². The molecule has 0 saturated carbocycles. The molecule has 0 aliphatic heterocycles. The third-order valence-electron chi connectivity index (χ3n) is 3.00. The van der Waals surface area contributed by atoms with Gasteiger partial charge in [0.15, 0.2) is 0 Å². The maximum atomic E-state index is 4.14. The summed E-state index contributed by atoms with van der Waals surface area (Å²) in [5.41, 5.74) is 1.34. The smallest absolute Gasteiger partial charge is 0.0299 e. The zero-order valence-electron chi connectivity index (χ0n) is 10.7. The molecule has 1 unspecified atom stereocenters. The van der Waals surface area contributed by atoms with Crippen molar-refractivity contribution in [1.29, 1.82) is 0 Å². The van der Waals surface area contributed by atoms with Crippen LogP contribution in [-0.4, -0.2) is 18.1 Å². The van der Waals surface area contributed by atoms with E-state index in [2.05, 4.69) is 37.3 Å². The number of nitrogens with zero attached hydrogens (tertiary/aromatic N) is 1. The Balaban J connectivity index is 2.28. The minimum Gasteiger partial charge on any atom is -0.317 e. The second kappa shape index (κ2) is 7.39. The molecule has 1 rings (SSSR count). The molecule has 0 amide bonds. The molecule has 0 saturated heterocycles. The molecule has 16 heavy (non-hydrogen) atoms. The van der Waals surface area contributed by atoms with E-state index < -0.39 is 0 Å². The second-order valence-electron chi connectivity index (χ2n) is 4.86. The van der Waals surface area contributed by atoms with Crippen molar-refractivity contribution >= 4 is 0 Å². The number of nitrogens with one attached hydrogen (secondary N) is 1. The van der Waals surface area contributed by atoms with Gasteiger partial charge in [-0.1, -0.05) is 19.9 Å². The van der Waals surface area contributed by atoms with Crippen molar-refractivity contribution in [3.63, 3.8) is 0 Å². The lowest BCUT2D eigenvalue weighted by Crippen LogP contribution is -2.26. The molecule has 1 aromatic heterocycles. The summed E-state index contributed by atoms with van der Waals surface area (Å²) in [5.74, 6) is 0.800. The fraction of sp³-hybridized carbons (Fsp3) is 0.643. The molecule has 0 fully saturated rings. The summed E-state index contributed by atoms with van der Waals surface area (Å²) in [6, 6.07) is 4.81. The van der Waals surface area contributed by atoms with E-state index in [1.54, 1.807) is 0 Å². The molecule has 1 N–H and O–H groups in total. The summed E-state index contributed by atoms with van der Waals surface area (Å²) in [4.78, 5) is 4.14. The van der Waals surface area contributed by atoms with Gasteiger partial charge in [-0.2, -0.15) is 0 Å². The Kier molecular flexibility index (Phi) is 6.09. The van der Waals surface area contributed by atoms with Gasteiger partial charge in [0, 0.05) is 18.4 Å². The van der Waals surface area contributed by atoms with Gasteiger partial charge in [-0.25, -0.2) is 0 Å². The Bertz CT molecular complexity index is 269. The van der Waals surface area contributed by atoms with Crippen molar-refractivity contribution < 1.29 is 0 Å². The van der Waals surface area contributed by atoms with Crippen LogP contribution >= 0.6 is 0 Å². The molecule has 0 aliphatic rings. The number of rotatable bonds is 7. The molecular formula is C14H24N2. The average molecular weight is 220 g/mol. The molecule has 0 radical (unpaired) electrons. The van der Waals surface area contributed by atoms with Crippen molar-refractivity contribution in [3.8, 4) is 0 Å². The average Bonchev–Trinajstić information content (AvgIpc) is 2.30. The predicted molar refractivity (Wildman–Crippen MR) is 69.5 cm³/mol. The van der Waals surface area contributed by atoms with E-state index in [0.717, 1.165) is 12.3 Å². The van der Waals surface area contributed by atoms with Gasteiger partial charge in [0.25, 0.3) is 0 Å².